The van der Waals surface area contributed by atoms with Gasteiger partial charge >= 0.3 is 6.18 Å². The lowest BCUT2D eigenvalue weighted by molar-refractivity contribution is -0.137. The van der Waals surface area contributed by atoms with E-state index in [4.69, 9.17) is 0 Å². The molecule has 0 aliphatic heterocycles. The second-order valence-corrected chi connectivity index (χ2v) is 5.78. The Hall–Kier alpha value is -1.97. The summed E-state index contributed by atoms with van der Waals surface area (Å²) < 4.78 is 37.9. The first-order valence-corrected chi connectivity index (χ1v) is 7.54. The van der Waals surface area contributed by atoms with Gasteiger partial charge in [-0.05, 0) is 36.1 Å². The summed E-state index contributed by atoms with van der Waals surface area (Å²) in [4.78, 5) is 0. The van der Waals surface area contributed by atoms with E-state index >= 15 is 0 Å². The van der Waals surface area contributed by atoms with E-state index in [1.807, 2.05) is 24.3 Å². The topological polar surface area (TPSA) is 12.0 Å². The zero-order chi connectivity index (χ0) is 15.6. The third-order valence-electron chi connectivity index (χ3n) is 4.02. The van der Waals surface area contributed by atoms with E-state index in [0.717, 1.165) is 47.8 Å². The van der Waals surface area contributed by atoms with Gasteiger partial charge in [-0.2, -0.15) is 13.2 Å². The first-order valence-electron chi connectivity index (χ1n) is 7.54. The second kappa shape index (κ2) is 6.03. The number of hydrogen-bond donors (Lipinski definition) is 1. The van der Waals surface area contributed by atoms with E-state index in [2.05, 4.69) is 5.32 Å². The van der Waals surface area contributed by atoms with Crippen LogP contribution in [0.4, 0.5) is 18.9 Å². The van der Waals surface area contributed by atoms with Crippen molar-refractivity contribution in [2.45, 2.75) is 25.4 Å². The maximum atomic E-state index is 12.6. The van der Waals surface area contributed by atoms with E-state index in [1.165, 1.54) is 25.0 Å². The smallest absolute Gasteiger partial charge is 0.385 e. The lowest BCUT2D eigenvalue weighted by Gasteiger charge is -2.13. The molecule has 0 aromatic heterocycles. The predicted molar refractivity (Wildman–Crippen MR) is 82.7 cm³/mol. The van der Waals surface area contributed by atoms with Gasteiger partial charge in [0, 0.05) is 17.8 Å². The number of halogens is 3. The Morgan fingerprint density at radius 3 is 2.27 bits per heavy atom. The summed E-state index contributed by atoms with van der Waals surface area (Å²) in [5.74, 6) is 0.853. The van der Waals surface area contributed by atoms with Crippen LogP contribution in [0.5, 0.6) is 0 Å². The highest BCUT2D eigenvalue weighted by atomic mass is 19.4. The van der Waals surface area contributed by atoms with Crippen LogP contribution in [-0.4, -0.2) is 6.54 Å². The molecule has 0 saturated heterocycles. The lowest BCUT2D eigenvalue weighted by Crippen LogP contribution is -2.05. The summed E-state index contributed by atoms with van der Waals surface area (Å²) in [6.07, 6.45) is -0.494. The van der Waals surface area contributed by atoms with Crippen molar-refractivity contribution >= 4 is 5.69 Å². The molecule has 0 spiro atoms. The minimum absolute atomic E-state index is 0.615. The van der Waals surface area contributed by atoms with Crippen LogP contribution in [0.25, 0.3) is 11.1 Å². The molecule has 1 saturated carbocycles. The van der Waals surface area contributed by atoms with Crippen molar-refractivity contribution in [2.75, 3.05) is 11.9 Å². The zero-order valence-corrected chi connectivity index (χ0v) is 12.2. The minimum atomic E-state index is -4.29. The first kappa shape index (κ1) is 14.9. The summed E-state index contributed by atoms with van der Waals surface area (Å²) in [5, 5.41) is 3.41. The van der Waals surface area contributed by atoms with Crippen LogP contribution in [0.3, 0.4) is 0 Å². The molecule has 1 aliphatic rings. The average Bonchev–Trinajstić information content (AvgIpc) is 3.31. The number of alkyl halides is 3. The molecule has 3 rings (SSSR count). The maximum Gasteiger partial charge on any atom is 0.416 e. The molecule has 0 unspecified atom stereocenters. The molecule has 1 fully saturated rings. The van der Waals surface area contributed by atoms with Gasteiger partial charge < -0.3 is 5.32 Å². The van der Waals surface area contributed by atoms with Crippen molar-refractivity contribution in [2.24, 2.45) is 5.92 Å². The van der Waals surface area contributed by atoms with Crippen LogP contribution in [-0.2, 0) is 6.18 Å². The summed E-state index contributed by atoms with van der Waals surface area (Å²) in [5.41, 5.74) is 2.09. The Morgan fingerprint density at radius 2 is 1.64 bits per heavy atom. The minimum Gasteiger partial charge on any atom is -0.385 e. The molecule has 0 radical (unpaired) electrons. The van der Waals surface area contributed by atoms with Gasteiger partial charge in [0.25, 0.3) is 0 Å². The van der Waals surface area contributed by atoms with Gasteiger partial charge in [-0.15, -0.1) is 0 Å². The summed E-state index contributed by atoms with van der Waals surface area (Å²) in [6.45, 7) is 0.905. The largest absolute Gasteiger partial charge is 0.416 e. The Balaban J connectivity index is 1.78. The molecule has 0 atom stereocenters. The van der Waals surface area contributed by atoms with E-state index in [-0.39, 0.29) is 0 Å². The molecule has 2 aromatic rings. The lowest BCUT2D eigenvalue weighted by atomic mass is 10.0. The molecular weight excluding hydrogens is 287 g/mol. The van der Waals surface area contributed by atoms with Crippen LogP contribution >= 0.6 is 0 Å². The fourth-order valence-corrected chi connectivity index (χ4v) is 2.55. The van der Waals surface area contributed by atoms with Gasteiger partial charge in [-0.3, -0.25) is 0 Å². The molecule has 4 heteroatoms. The fourth-order valence-electron chi connectivity index (χ4n) is 2.55. The highest BCUT2D eigenvalue weighted by molar-refractivity contribution is 5.77. The van der Waals surface area contributed by atoms with Gasteiger partial charge in [0.1, 0.15) is 0 Å². The third-order valence-corrected chi connectivity index (χ3v) is 4.02. The van der Waals surface area contributed by atoms with Crippen molar-refractivity contribution in [3.63, 3.8) is 0 Å². The Labute approximate surface area is 128 Å². The summed E-state index contributed by atoms with van der Waals surface area (Å²) in [7, 11) is 0. The Bertz CT molecular complexity index is 628. The van der Waals surface area contributed by atoms with Crippen molar-refractivity contribution in [1.82, 2.24) is 0 Å². The number of hydrogen-bond acceptors (Lipinski definition) is 1. The molecule has 116 valence electrons. The van der Waals surface area contributed by atoms with Crippen molar-refractivity contribution in [1.29, 1.82) is 0 Å². The van der Waals surface area contributed by atoms with E-state index in [0.29, 0.717) is 0 Å². The number of anilines is 1. The highest BCUT2D eigenvalue weighted by Crippen LogP contribution is 2.34. The number of rotatable bonds is 5. The average molecular weight is 305 g/mol. The van der Waals surface area contributed by atoms with Crippen molar-refractivity contribution < 1.29 is 13.2 Å². The first-order chi connectivity index (χ1) is 10.5. The normalized spacial score (nSPS) is 14.9. The molecule has 2 aromatic carbocycles. The molecule has 1 N–H and O–H groups in total. The Morgan fingerprint density at radius 1 is 0.955 bits per heavy atom. The van der Waals surface area contributed by atoms with Gasteiger partial charge in [0.15, 0.2) is 0 Å². The van der Waals surface area contributed by atoms with Crippen molar-refractivity contribution in [3.8, 4) is 11.1 Å². The molecule has 0 heterocycles. The van der Waals surface area contributed by atoms with Gasteiger partial charge in [0.05, 0.1) is 5.56 Å². The molecule has 0 amide bonds. The van der Waals surface area contributed by atoms with Crippen LogP contribution in [0.1, 0.15) is 24.8 Å². The molecule has 0 bridgehead atoms. The number of benzene rings is 2. The van der Waals surface area contributed by atoms with Gasteiger partial charge in [-0.25, -0.2) is 0 Å². The standard InChI is InChI=1S/C18H18F3N/c19-18(20,21)15-9-7-14(8-10-15)16-3-1-2-4-17(16)22-12-11-13-5-6-13/h1-4,7-10,13,22H,5-6,11-12H2. The predicted octanol–water partition coefficient (Wildman–Crippen LogP) is 5.58. The third kappa shape index (κ3) is 3.62. The van der Waals surface area contributed by atoms with Crippen LogP contribution < -0.4 is 5.32 Å². The van der Waals surface area contributed by atoms with Crippen LogP contribution in [0.15, 0.2) is 48.5 Å². The van der Waals surface area contributed by atoms with E-state index < -0.39 is 11.7 Å². The number of para-hydroxylation sites is 1. The Kier molecular flexibility index (Phi) is 4.10. The zero-order valence-electron chi connectivity index (χ0n) is 12.2. The second-order valence-electron chi connectivity index (χ2n) is 5.78. The quantitative estimate of drug-likeness (QED) is 0.760. The monoisotopic (exact) mass is 305 g/mol. The van der Waals surface area contributed by atoms with Crippen LogP contribution in [0, 0.1) is 5.92 Å². The van der Waals surface area contributed by atoms with Crippen LogP contribution in [0.2, 0.25) is 0 Å². The highest BCUT2D eigenvalue weighted by Gasteiger charge is 2.30. The fraction of sp³-hybridized carbons (Fsp3) is 0.333. The number of nitrogens with one attached hydrogen (secondary N) is 1. The van der Waals surface area contributed by atoms with Crippen molar-refractivity contribution in [3.05, 3.63) is 54.1 Å². The van der Waals surface area contributed by atoms with E-state index in [9.17, 15) is 13.2 Å². The maximum absolute atomic E-state index is 12.6. The van der Waals surface area contributed by atoms with Gasteiger partial charge in [0.2, 0.25) is 0 Å². The summed E-state index contributed by atoms with van der Waals surface area (Å²) in [6, 6.07) is 13.1. The summed E-state index contributed by atoms with van der Waals surface area (Å²) >= 11 is 0. The molecule has 1 aliphatic carbocycles. The SMILES string of the molecule is FC(F)(F)c1ccc(-c2ccccc2NCCC2CC2)cc1. The molecule has 1 nitrogen and oxygen atoms in total. The molecular formula is C18H18F3N. The van der Waals surface area contributed by atoms with Gasteiger partial charge in [-0.1, -0.05) is 43.2 Å². The van der Waals surface area contributed by atoms with E-state index in [1.54, 1.807) is 0 Å². The molecule has 22 heavy (non-hydrogen) atoms.